The average molecular weight is 288 g/mol. The molecule has 1 unspecified atom stereocenters. The van der Waals surface area contributed by atoms with Gasteiger partial charge >= 0.3 is 0 Å². The number of rotatable bonds is 7. The van der Waals surface area contributed by atoms with Gasteiger partial charge in [-0.2, -0.15) is 0 Å². The lowest BCUT2D eigenvalue weighted by Crippen LogP contribution is -2.05. The van der Waals surface area contributed by atoms with Crippen molar-refractivity contribution in [1.29, 1.82) is 0 Å². The Morgan fingerprint density at radius 2 is 2.10 bits per heavy atom. The summed E-state index contributed by atoms with van der Waals surface area (Å²) in [7, 11) is 1.55. The van der Waals surface area contributed by atoms with Crippen molar-refractivity contribution in [2.24, 2.45) is 0 Å². The molecule has 2 rings (SSSR count). The second-order valence-electron chi connectivity index (χ2n) is 4.69. The van der Waals surface area contributed by atoms with Gasteiger partial charge in [0.25, 0.3) is 0 Å². The number of aromatic nitrogens is 2. The van der Waals surface area contributed by atoms with Gasteiger partial charge in [0.1, 0.15) is 12.1 Å². The molecule has 0 aliphatic rings. The zero-order valence-corrected chi connectivity index (χ0v) is 12.3. The van der Waals surface area contributed by atoms with Gasteiger partial charge in [-0.3, -0.25) is 0 Å². The summed E-state index contributed by atoms with van der Waals surface area (Å²) in [6.07, 6.45) is 2.14. The van der Waals surface area contributed by atoms with Gasteiger partial charge in [0.15, 0.2) is 0 Å². The molecule has 1 aromatic carbocycles. The van der Waals surface area contributed by atoms with Crippen molar-refractivity contribution >= 4 is 0 Å². The van der Waals surface area contributed by atoms with E-state index in [9.17, 15) is 5.11 Å². The molecule has 0 saturated heterocycles. The fraction of sp³-hybridized carbons (Fsp3) is 0.375. The summed E-state index contributed by atoms with van der Waals surface area (Å²) in [6, 6.07) is 9.23. The van der Waals surface area contributed by atoms with Crippen LogP contribution in [0, 0.1) is 0 Å². The van der Waals surface area contributed by atoms with Crippen LogP contribution in [-0.4, -0.2) is 28.8 Å². The molecule has 0 fully saturated rings. The first-order valence-corrected chi connectivity index (χ1v) is 6.98. The number of methoxy groups -OCH3 is 1. The first-order chi connectivity index (χ1) is 10.2. The van der Waals surface area contributed by atoms with E-state index in [4.69, 9.17) is 9.47 Å². The predicted molar refractivity (Wildman–Crippen MR) is 79.5 cm³/mol. The Labute approximate surface area is 124 Å². The highest BCUT2D eigenvalue weighted by Gasteiger charge is 2.11. The highest BCUT2D eigenvalue weighted by Crippen LogP contribution is 2.22. The van der Waals surface area contributed by atoms with E-state index < -0.39 is 6.10 Å². The molecule has 1 atom stereocenters. The third kappa shape index (κ3) is 4.43. The van der Waals surface area contributed by atoms with Crippen molar-refractivity contribution in [2.45, 2.75) is 25.9 Å². The molecule has 5 heteroatoms. The Morgan fingerprint density at radius 3 is 2.86 bits per heavy atom. The maximum Gasteiger partial charge on any atom is 0.216 e. The van der Waals surface area contributed by atoms with Crippen LogP contribution in [-0.2, 0) is 6.42 Å². The Balaban J connectivity index is 2.06. The van der Waals surface area contributed by atoms with E-state index in [1.165, 1.54) is 6.33 Å². The summed E-state index contributed by atoms with van der Waals surface area (Å²) < 4.78 is 10.6. The summed E-state index contributed by atoms with van der Waals surface area (Å²) in [5, 5.41) is 10.3. The molecule has 2 aromatic rings. The number of hydrogen-bond acceptors (Lipinski definition) is 5. The molecular weight excluding hydrogens is 268 g/mol. The number of aliphatic hydroxyl groups excluding tert-OH is 1. The van der Waals surface area contributed by atoms with Crippen molar-refractivity contribution in [3.8, 4) is 11.6 Å². The molecule has 5 nitrogen and oxygen atoms in total. The molecule has 21 heavy (non-hydrogen) atoms. The van der Waals surface area contributed by atoms with Crippen LogP contribution in [0.4, 0.5) is 0 Å². The molecule has 0 bridgehead atoms. The third-order valence-corrected chi connectivity index (χ3v) is 3.03. The predicted octanol–water partition coefficient (Wildman–Crippen LogP) is 2.55. The third-order valence-electron chi connectivity index (χ3n) is 3.03. The minimum atomic E-state index is -0.644. The maximum atomic E-state index is 10.3. The van der Waals surface area contributed by atoms with Gasteiger partial charge in [-0.15, -0.1) is 0 Å². The first-order valence-electron chi connectivity index (χ1n) is 6.98. The van der Waals surface area contributed by atoms with Crippen LogP contribution in [0.25, 0.3) is 0 Å². The van der Waals surface area contributed by atoms with Gasteiger partial charge in [-0.25, -0.2) is 9.97 Å². The van der Waals surface area contributed by atoms with E-state index in [2.05, 4.69) is 16.9 Å². The highest BCUT2D eigenvalue weighted by atomic mass is 16.5. The molecular formula is C16H20N2O3. The second-order valence-corrected chi connectivity index (χ2v) is 4.69. The van der Waals surface area contributed by atoms with Crippen LogP contribution in [0.15, 0.2) is 36.7 Å². The SMILES string of the molecule is CCCOc1cccc(C(O)Cc2cc(OC)ncn2)c1. The van der Waals surface area contributed by atoms with E-state index >= 15 is 0 Å². The smallest absolute Gasteiger partial charge is 0.216 e. The lowest BCUT2D eigenvalue weighted by molar-refractivity contribution is 0.176. The topological polar surface area (TPSA) is 64.5 Å². The molecule has 1 aromatic heterocycles. The molecule has 0 amide bonds. The zero-order valence-electron chi connectivity index (χ0n) is 12.3. The molecule has 1 N–H and O–H groups in total. The number of ether oxygens (including phenoxy) is 2. The largest absolute Gasteiger partial charge is 0.494 e. The minimum absolute atomic E-state index is 0.399. The van der Waals surface area contributed by atoms with Crippen LogP contribution < -0.4 is 9.47 Å². The van der Waals surface area contributed by atoms with Crippen molar-refractivity contribution < 1.29 is 14.6 Å². The van der Waals surface area contributed by atoms with Crippen molar-refractivity contribution in [1.82, 2.24) is 9.97 Å². The standard InChI is InChI=1S/C16H20N2O3/c1-3-7-21-14-6-4-5-12(8-14)15(19)9-13-10-16(20-2)18-11-17-13/h4-6,8,10-11,15,19H,3,7,9H2,1-2H3. The quantitative estimate of drug-likeness (QED) is 0.848. The van der Waals surface area contributed by atoms with E-state index in [1.807, 2.05) is 24.3 Å². The number of benzene rings is 1. The molecule has 0 saturated carbocycles. The van der Waals surface area contributed by atoms with E-state index in [-0.39, 0.29) is 0 Å². The first kappa shape index (κ1) is 15.3. The lowest BCUT2D eigenvalue weighted by atomic mass is 10.0. The van der Waals surface area contributed by atoms with E-state index in [1.54, 1.807) is 13.2 Å². The monoisotopic (exact) mass is 288 g/mol. The van der Waals surface area contributed by atoms with E-state index in [0.717, 1.165) is 23.4 Å². The van der Waals surface area contributed by atoms with Gasteiger partial charge in [-0.05, 0) is 24.1 Å². The van der Waals surface area contributed by atoms with Gasteiger partial charge in [0, 0.05) is 12.5 Å². The summed E-state index contributed by atoms with van der Waals surface area (Å²) in [5.41, 5.74) is 1.54. The molecule has 0 spiro atoms. The molecule has 1 heterocycles. The number of nitrogens with zero attached hydrogens (tertiary/aromatic N) is 2. The summed E-state index contributed by atoms with van der Waals surface area (Å²) in [4.78, 5) is 8.09. The van der Waals surface area contributed by atoms with Gasteiger partial charge in [0.05, 0.1) is 25.5 Å². The summed E-state index contributed by atoms with van der Waals surface area (Å²) >= 11 is 0. The van der Waals surface area contributed by atoms with Crippen LogP contribution in [0.2, 0.25) is 0 Å². The number of hydrogen-bond donors (Lipinski definition) is 1. The Kier molecular flexibility index (Phi) is 5.51. The summed E-state index contributed by atoms with van der Waals surface area (Å²) in [5.74, 6) is 1.26. The molecule has 0 aliphatic carbocycles. The normalized spacial score (nSPS) is 12.0. The van der Waals surface area contributed by atoms with Crippen LogP contribution in [0.3, 0.4) is 0 Å². The Morgan fingerprint density at radius 1 is 1.24 bits per heavy atom. The summed E-state index contributed by atoms with van der Waals surface area (Å²) in [6.45, 7) is 2.73. The molecule has 112 valence electrons. The fourth-order valence-corrected chi connectivity index (χ4v) is 1.95. The van der Waals surface area contributed by atoms with Crippen molar-refractivity contribution in [3.05, 3.63) is 47.9 Å². The Hall–Kier alpha value is -2.14. The lowest BCUT2D eigenvalue weighted by Gasteiger charge is -2.12. The van der Waals surface area contributed by atoms with Crippen LogP contribution in [0.5, 0.6) is 11.6 Å². The van der Waals surface area contributed by atoms with Crippen molar-refractivity contribution in [2.75, 3.05) is 13.7 Å². The minimum Gasteiger partial charge on any atom is -0.494 e. The van der Waals surface area contributed by atoms with Crippen LogP contribution >= 0.6 is 0 Å². The second kappa shape index (κ2) is 7.59. The number of aliphatic hydroxyl groups is 1. The van der Waals surface area contributed by atoms with Crippen LogP contribution in [0.1, 0.15) is 30.7 Å². The molecule has 0 aliphatic heterocycles. The van der Waals surface area contributed by atoms with E-state index in [0.29, 0.717) is 18.9 Å². The highest BCUT2D eigenvalue weighted by molar-refractivity contribution is 5.30. The van der Waals surface area contributed by atoms with Gasteiger partial charge in [0.2, 0.25) is 5.88 Å². The molecule has 0 radical (unpaired) electrons. The van der Waals surface area contributed by atoms with Crippen molar-refractivity contribution in [3.63, 3.8) is 0 Å². The maximum absolute atomic E-state index is 10.3. The Bertz CT molecular complexity index is 575. The van der Waals surface area contributed by atoms with Gasteiger partial charge in [-0.1, -0.05) is 19.1 Å². The van der Waals surface area contributed by atoms with Gasteiger partial charge < -0.3 is 14.6 Å². The zero-order chi connectivity index (χ0) is 15.1. The average Bonchev–Trinajstić information content (AvgIpc) is 2.53. The fourth-order valence-electron chi connectivity index (χ4n) is 1.95.